The highest BCUT2D eigenvalue weighted by Gasteiger charge is 2.12. The summed E-state index contributed by atoms with van der Waals surface area (Å²) in [7, 11) is 0. The van der Waals surface area contributed by atoms with Crippen molar-refractivity contribution in [2.75, 3.05) is 5.32 Å². The third kappa shape index (κ3) is 3.96. The maximum atomic E-state index is 6.20. The Kier molecular flexibility index (Phi) is 4.80. The fourth-order valence-electron chi connectivity index (χ4n) is 2.71. The van der Waals surface area contributed by atoms with Crippen molar-refractivity contribution in [1.29, 1.82) is 0 Å². The average Bonchev–Trinajstić information content (AvgIpc) is 3.13. The van der Waals surface area contributed by atoms with Crippen molar-refractivity contribution in [2.24, 2.45) is 0 Å². The summed E-state index contributed by atoms with van der Waals surface area (Å²) in [5.41, 5.74) is 4.10. The molecule has 6 heteroatoms. The lowest BCUT2D eigenvalue weighted by molar-refractivity contribution is 0.480. The van der Waals surface area contributed by atoms with Gasteiger partial charge in [-0.15, -0.1) is 11.3 Å². The number of hydrogen-bond donors (Lipinski definition) is 1. The van der Waals surface area contributed by atoms with Crippen LogP contribution in [0.3, 0.4) is 0 Å². The van der Waals surface area contributed by atoms with Gasteiger partial charge in [-0.2, -0.15) is 0 Å². The smallest absolute Gasteiger partial charge is 0.228 e. The molecule has 0 fully saturated rings. The zero-order valence-electron chi connectivity index (χ0n) is 15.0. The number of aromatic nitrogens is 3. The Morgan fingerprint density at radius 1 is 0.926 bits per heavy atom. The van der Waals surface area contributed by atoms with Crippen LogP contribution in [0.15, 0.2) is 66.3 Å². The minimum absolute atomic E-state index is 0.526. The van der Waals surface area contributed by atoms with Gasteiger partial charge in [0, 0.05) is 23.3 Å². The van der Waals surface area contributed by atoms with Gasteiger partial charge in [-0.25, -0.2) is 15.0 Å². The van der Waals surface area contributed by atoms with E-state index in [1.165, 1.54) is 16.9 Å². The lowest BCUT2D eigenvalue weighted by Crippen LogP contribution is -1.95. The van der Waals surface area contributed by atoms with Crippen LogP contribution < -0.4 is 10.1 Å². The van der Waals surface area contributed by atoms with Crippen molar-refractivity contribution in [2.45, 2.75) is 13.8 Å². The molecule has 27 heavy (non-hydrogen) atoms. The van der Waals surface area contributed by atoms with Gasteiger partial charge >= 0.3 is 0 Å². The second-order valence-corrected chi connectivity index (χ2v) is 6.96. The average molecular weight is 374 g/mol. The fourth-order valence-corrected chi connectivity index (χ4v) is 3.42. The first kappa shape index (κ1) is 17.2. The molecule has 1 N–H and O–H groups in total. The molecule has 5 nitrogen and oxygen atoms in total. The lowest BCUT2D eigenvalue weighted by atomic mass is 10.1. The van der Waals surface area contributed by atoms with E-state index in [4.69, 9.17) is 4.74 Å². The maximum Gasteiger partial charge on any atom is 0.228 e. The fraction of sp³-hybridized carbons (Fsp3) is 0.0952. The van der Waals surface area contributed by atoms with Crippen LogP contribution >= 0.6 is 11.3 Å². The van der Waals surface area contributed by atoms with Crippen molar-refractivity contribution in [3.8, 4) is 22.8 Å². The van der Waals surface area contributed by atoms with E-state index in [1.807, 2.05) is 35.7 Å². The Balaban J connectivity index is 1.61. The number of hydrogen-bond acceptors (Lipinski definition) is 6. The van der Waals surface area contributed by atoms with E-state index in [9.17, 15) is 0 Å². The van der Waals surface area contributed by atoms with Crippen molar-refractivity contribution in [3.05, 3.63) is 77.4 Å². The summed E-state index contributed by atoms with van der Waals surface area (Å²) >= 11 is 1.50. The highest BCUT2D eigenvalue weighted by Crippen LogP contribution is 2.36. The zero-order valence-corrected chi connectivity index (χ0v) is 15.8. The molecular weight excluding hydrogens is 356 g/mol. The first-order chi connectivity index (χ1) is 13.2. The quantitative estimate of drug-likeness (QED) is 0.482. The zero-order chi connectivity index (χ0) is 18.6. The Labute approximate surface area is 161 Å². The molecule has 2 aromatic heterocycles. The van der Waals surface area contributed by atoms with Gasteiger partial charge in [0.25, 0.3) is 0 Å². The summed E-state index contributed by atoms with van der Waals surface area (Å²) in [5.74, 6) is 2.15. The SMILES string of the molecule is Cc1ccc(Oc2ccccc2-c2csc(Nc3ncccn3)n2)c(C)c1. The number of anilines is 2. The number of benzene rings is 2. The summed E-state index contributed by atoms with van der Waals surface area (Å²) in [5, 5.41) is 5.85. The van der Waals surface area contributed by atoms with Crippen molar-refractivity contribution in [3.63, 3.8) is 0 Å². The van der Waals surface area contributed by atoms with Gasteiger partial charge in [-0.1, -0.05) is 29.8 Å². The highest BCUT2D eigenvalue weighted by molar-refractivity contribution is 7.14. The molecule has 0 aliphatic heterocycles. The Morgan fingerprint density at radius 3 is 2.56 bits per heavy atom. The van der Waals surface area contributed by atoms with Crippen LogP contribution in [0.2, 0.25) is 0 Å². The van der Waals surface area contributed by atoms with E-state index >= 15 is 0 Å². The van der Waals surface area contributed by atoms with Crippen LogP contribution in [-0.4, -0.2) is 15.0 Å². The van der Waals surface area contributed by atoms with Crippen LogP contribution in [0.4, 0.5) is 11.1 Å². The topological polar surface area (TPSA) is 59.9 Å². The van der Waals surface area contributed by atoms with Gasteiger partial charge in [0.05, 0.1) is 5.69 Å². The Hall–Kier alpha value is -3.25. The number of aryl methyl sites for hydroxylation is 2. The van der Waals surface area contributed by atoms with Gasteiger partial charge in [-0.3, -0.25) is 0 Å². The Bertz CT molecular complexity index is 1060. The predicted molar refractivity (Wildman–Crippen MR) is 109 cm³/mol. The standard InChI is InChI=1S/C21H18N4OS/c1-14-8-9-18(15(2)12-14)26-19-7-4-3-6-16(19)17-13-27-21(24-17)25-20-22-10-5-11-23-20/h3-13H,1-2H3,(H,22,23,24,25). The molecule has 2 aromatic carbocycles. The number of ether oxygens (including phenoxy) is 1. The van der Waals surface area contributed by atoms with Gasteiger partial charge in [0.15, 0.2) is 5.13 Å². The number of para-hydroxylation sites is 1. The minimum Gasteiger partial charge on any atom is -0.456 e. The van der Waals surface area contributed by atoms with Crippen molar-refractivity contribution < 1.29 is 4.74 Å². The Morgan fingerprint density at radius 2 is 1.74 bits per heavy atom. The number of nitrogens with one attached hydrogen (secondary N) is 1. The molecule has 0 bridgehead atoms. The number of thiazole rings is 1. The predicted octanol–water partition coefficient (Wildman–Crippen LogP) is 5.75. The molecule has 0 aliphatic carbocycles. The second kappa shape index (κ2) is 7.55. The van der Waals surface area contributed by atoms with Crippen molar-refractivity contribution >= 4 is 22.4 Å². The molecular formula is C21H18N4OS. The molecule has 134 valence electrons. The number of rotatable bonds is 5. The first-order valence-corrected chi connectivity index (χ1v) is 9.41. The first-order valence-electron chi connectivity index (χ1n) is 8.53. The molecule has 0 amide bonds. The minimum atomic E-state index is 0.526. The molecule has 2 heterocycles. The monoisotopic (exact) mass is 374 g/mol. The van der Waals surface area contributed by atoms with Gasteiger partial charge in [0.2, 0.25) is 5.95 Å². The highest BCUT2D eigenvalue weighted by atomic mass is 32.1. The normalized spacial score (nSPS) is 10.6. The lowest BCUT2D eigenvalue weighted by Gasteiger charge is -2.12. The van der Waals surface area contributed by atoms with Crippen LogP contribution in [-0.2, 0) is 0 Å². The van der Waals surface area contributed by atoms with E-state index < -0.39 is 0 Å². The third-order valence-electron chi connectivity index (χ3n) is 4.00. The molecule has 0 saturated heterocycles. The van der Waals surface area contributed by atoms with Gasteiger partial charge < -0.3 is 10.1 Å². The summed E-state index contributed by atoms with van der Waals surface area (Å²) in [4.78, 5) is 13.0. The van der Waals surface area contributed by atoms with E-state index in [2.05, 4.69) is 46.2 Å². The second-order valence-electron chi connectivity index (χ2n) is 6.10. The largest absolute Gasteiger partial charge is 0.456 e. The molecule has 0 aliphatic rings. The van der Waals surface area contributed by atoms with Crippen LogP contribution in [0, 0.1) is 13.8 Å². The van der Waals surface area contributed by atoms with E-state index in [1.54, 1.807) is 18.5 Å². The van der Waals surface area contributed by atoms with E-state index in [-0.39, 0.29) is 0 Å². The summed E-state index contributed by atoms with van der Waals surface area (Å²) in [6, 6.07) is 15.9. The molecule has 4 rings (SSSR count). The van der Waals surface area contributed by atoms with Crippen molar-refractivity contribution in [1.82, 2.24) is 15.0 Å². The molecule has 0 saturated carbocycles. The van der Waals surface area contributed by atoms with E-state index in [0.29, 0.717) is 5.95 Å². The maximum absolute atomic E-state index is 6.20. The molecule has 0 unspecified atom stereocenters. The summed E-state index contributed by atoms with van der Waals surface area (Å²) < 4.78 is 6.20. The summed E-state index contributed by atoms with van der Waals surface area (Å²) in [6.07, 6.45) is 3.38. The van der Waals surface area contributed by atoms with Crippen LogP contribution in [0.5, 0.6) is 11.5 Å². The van der Waals surface area contributed by atoms with Crippen LogP contribution in [0.1, 0.15) is 11.1 Å². The molecule has 4 aromatic rings. The molecule has 0 atom stereocenters. The van der Waals surface area contributed by atoms with Gasteiger partial charge in [-0.05, 0) is 43.7 Å². The summed E-state index contributed by atoms with van der Waals surface area (Å²) in [6.45, 7) is 4.13. The van der Waals surface area contributed by atoms with Gasteiger partial charge in [0.1, 0.15) is 11.5 Å². The molecule has 0 radical (unpaired) electrons. The third-order valence-corrected chi connectivity index (χ3v) is 4.76. The number of nitrogens with zero attached hydrogens (tertiary/aromatic N) is 3. The van der Waals surface area contributed by atoms with Crippen LogP contribution in [0.25, 0.3) is 11.3 Å². The van der Waals surface area contributed by atoms with E-state index in [0.717, 1.165) is 33.5 Å². The molecule has 0 spiro atoms.